The second-order valence-electron chi connectivity index (χ2n) is 3.61. The van der Waals surface area contributed by atoms with Crippen molar-refractivity contribution in [2.24, 2.45) is 0 Å². The lowest BCUT2D eigenvalue weighted by Crippen LogP contribution is -2.35. The second-order valence-corrected chi connectivity index (χ2v) is 5.97. The molecule has 90 valence electrons. The maximum absolute atomic E-state index is 11.6. The lowest BCUT2D eigenvalue weighted by atomic mass is 10.3. The van der Waals surface area contributed by atoms with Crippen LogP contribution in [0.1, 0.15) is 13.8 Å². The Morgan fingerprint density at radius 2 is 2.00 bits per heavy atom. The van der Waals surface area contributed by atoms with Crippen LogP contribution in [0.4, 0.5) is 11.4 Å². The fourth-order valence-electron chi connectivity index (χ4n) is 1.11. The summed E-state index contributed by atoms with van der Waals surface area (Å²) in [4.78, 5) is 0. The highest BCUT2D eigenvalue weighted by molar-refractivity contribution is 9.10. The fraction of sp³-hybridized carbons (Fsp3) is 0.333. The van der Waals surface area contributed by atoms with Gasteiger partial charge in [0.1, 0.15) is 0 Å². The topological polar surface area (TPSA) is 84.2 Å². The van der Waals surface area contributed by atoms with Crippen molar-refractivity contribution >= 4 is 37.5 Å². The summed E-state index contributed by atoms with van der Waals surface area (Å²) in [7, 11) is -3.56. The molecule has 0 amide bonds. The summed E-state index contributed by atoms with van der Waals surface area (Å²) < 4.78 is 28.7. The lowest BCUT2D eigenvalue weighted by molar-refractivity contribution is 0.575. The molecule has 0 spiro atoms. The number of nitrogen functional groups attached to an aromatic ring is 1. The third kappa shape index (κ3) is 3.99. The first-order chi connectivity index (χ1) is 7.30. The Kier molecular flexibility index (Phi) is 4.17. The van der Waals surface area contributed by atoms with E-state index in [0.29, 0.717) is 11.4 Å². The summed E-state index contributed by atoms with van der Waals surface area (Å²) in [5, 5.41) is 0. The van der Waals surface area contributed by atoms with E-state index in [9.17, 15) is 8.42 Å². The van der Waals surface area contributed by atoms with E-state index in [1.54, 1.807) is 32.0 Å². The maximum Gasteiger partial charge on any atom is 0.299 e. The molecule has 0 unspecified atom stereocenters. The van der Waals surface area contributed by atoms with Gasteiger partial charge < -0.3 is 5.73 Å². The van der Waals surface area contributed by atoms with Gasteiger partial charge in [-0.1, -0.05) is 15.9 Å². The van der Waals surface area contributed by atoms with Crippen molar-refractivity contribution in [1.82, 2.24) is 4.72 Å². The predicted octanol–water partition coefficient (Wildman–Crippen LogP) is 1.69. The fourth-order valence-corrected chi connectivity index (χ4v) is 2.64. The van der Waals surface area contributed by atoms with E-state index in [0.717, 1.165) is 4.47 Å². The zero-order valence-electron chi connectivity index (χ0n) is 8.99. The van der Waals surface area contributed by atoms with Crippen LogP contribution in [0.3, 0.4) is 0 Å². The highest BCUT2D eigenvalue weighted by Gasteiger charge is 2.12. The number of benzene rings is 1. The zero-order chi connectivity index (χ0) is 12.3. The lowest BCUT2D eigenvalue weighted by Gasteiger charge is -2.13. The quantitative estimate of drug-likeness (QED) is 0.740. The molecule has 4 N–H and O–H groups in total. The molecule has 0 saturated carbocycles. The van der Waals surface area contributed by atoms with Crippen molar-refractivity contribution in [2.45, 2.75) is 19.9 Å². The molecular formula is C9H14BrN3O2S. The third-order valence-corrected chi connectivity index (χ3v) is 3.41. The van der Waals surface area contributed by atoms with Crippen molar-refractivity contribution in [3.63, 3.8) is 0 Å². The van der Waals surface area contributed by atoms with Gasteiger partial charge in [-0.05, 0) is 32.0 Å². The molecule has 7 heteroatoms. The van der Waals surface area contributed by atoms with Gasteiger partial charge >= 0.3 is 0 Å². The van der Waals surface area contributed by atoms with Gasteiger partial charge in [-0.3, -0.25) is 4.72 Å². The minimum absolute atomic E-state index is 0.172. The molecule has 0 aliphatic heterocycles. The molecule has 0 fully saturated rings. The summed E-state index contributed by atoms with van der Waals surface area (Å²) >= 11 is 3.24. The Morgan fingerprint density at radius 1 is 1.38 bits per heavy atom. The summed E-state index contributed by atoms with van der Waals surface area (Å²) in [6.07, 6.45) is 0. The van der Waals surface area contributed by atoms with Crippen molar-refractivity contribution < 1.29 is 8.42 Å². The van der Waals surface area contributed by atoms with Crippen LogP contribution in [0.5, 0.6) is 0 Å². The van der Waals surface area contributed by atoms with Crippen LogP contribution in [0.15, 0.2) is 22.7 Å². The van der Waals surface area contributed by atoms with Crippen LogP contribution in [0.2, 0.25) is 0 Å². The van der Waals surface area contributed by atoms with E-state index in [4.69, 9.17) is 5.73 Å². The van der Waals surface area contributed by atoms with Gasteiger partial charge in [0.25, 0.3) is 10.2 Å². The maximum atomic E-state index is 11.6. The van der Waals surface area contributed by atoms with Gasteiger partial charge in [-0.2, -0.15) is 13.1 Å². The van der Waals surface area contributed by atoms with E-state index < -0.39 is 10.2 Å². The van der Waals surface area contributed by atoms with Crippen LogP contribution < -0.4 is 15.2 Å². The minimum Gasteiger partial charge on any atom is -0.397 e. The smallest absolute Gasteiger partial charge is 0.299 e. The molecule has 0 aliphatic rings. The number of hydrogen-bond acceptors (Lipinski definition) is 3. The number of nitrogens with two attached hydrogens (primary N) is 1. The van der Waals surface area contributed by atoms with E-state index >= 15 is 0 Å². The zero-order valence-corrected chi connectivity index (χ0v) is 11.4. The van der Waals surface area contributed by atoms with Crippen molar-refractivity contribution in [1.29, 1.82) is 0 Å². The molecule has 0 saturated heterocycles. The number of rotatable bonds is 4. The Labute approximate surface area is 104 Å². The predicted molar refractivity (Wildman–Crippen MR) is 69.4 cm³/mol. The Morgan fingerprint density at radius 3 is 2.50 bits per heavy atom. The van der Waals surface area contributed by atoms with Gasteiger partial charge in [-0.15, -0.1) is 0 Å². The molecule has 0 heterocycles. The van der Waals surface area contributed by atoms with E-state index in [1.807, 2.05) is 0 Å². The van der Waals surface area contributed by atoms with Crippen LogP contribution in [-0.2, 0) is 10.2 Å². The van der Waals surface area contributed by atoms with Crippen LogP contribution in [0, 0.1) is 0 Å². The molecule has 5 nitrogen and oxygen atoms in total. The second kappa shape index (κ2) is 5.03. The van der Waals surface area contributed by atoms with Crippen LogP contribution >= 0.6 is 15.9 Å². The van der Waals surface area contributed by atoms with Gasteiger partial charge in [0.2, 0.25) is 0 Å². The molecule has 0 aromatic heterocycles. The first kappa shape index (κ1) is 13.3. The molecule has 1 aromatic rings. The highest BCUT2D eigenvalue weighted by Crippen LogP contribution is 2.23. The summed E-state index contributed by atoms with van der Waals surface area (Å²) in [5.74, 6) is 0. The molecule has 1 rings (SSSR count). The van der Waals surface area contributed by atoms with Crippen molar-refractivity contribution in [3.05, 3.63) is 22.7 Å². The Bertz CT molecular complexity index is 474. The Hall–Kier alpha value is -0.790. The van der Waals surface area contributed by atoms with E-state index in [2.05, 4.69) is 25.4 Å². The highest BCUT2D eigenvalue weighted by atomic mass is 79.9. The van der Waals surface area contributed by atoms with Gasteiger partial charge in [0, 0.05) is 10.5 Å². The normalized spacial score (nSPS) is 11.8. The van der Waals surface area contributed by atoms with Crippen LogP contribution in [-0.4, -0.2) is 14.5 Å². The average Bonchev–Trinajstić information content (AvgIpc) is 2.07. The van der Waals surface area contributed by atoms with E-state index in [-0.39, 0.29) is 6.04 Å². The molecule has 0 bridgehead atoms. The number of halogens is 1. The number of hydrogen-bond donors (Lipinski definition) is 3. The summed E-state index contributed by atoms with van der Waals surface area (Å²) in [6, 6.07) is 4.77. The average molecular weight is 308 g/mol. The molecule has 0 radical (unpaired) electrons. The molecule has 16 heavy (non-hydrogen) atoms. The summed E-state index contributed by atoms with van der Waals surface area (Å²) in [6.45, 7) is 3.48. The van der Waals surface area contributed by atoms with Crippen molar-refractivity contribution in [3.8, 4) is 0 Å². The monoisotopic (exact) mass is 307 g/mol. The summed E-state index contributed by atoms with van der Waals surface area (Å²) in [5.41, 5.74) is 6.40. The molecular weight excluding hydrogens is 294 g/mol. The third-order valence-electron chi connectivity index (χ3n) is 1.65. The van der Waals surface area contributed by atoms with Gasteiger partial charge in [0.05, 0.1) is 11.4 Å². The number of nitrogens with one attached hydrogen (secondary N) is 2. The first-order valence-corrected chi connectivity index (χ1v) is 6.93. The number of anilines is 2. The molecule has 0 aliphatic carbocycles. The van der Waals surface area contributed by atoms with Crippen molar-refractivity contribution in [2.75, 3.05) is 10.5 Å². The van der Waals surface area contributed by atoms with Gasteiger partial charge in [0.15, 0.2) is 0 Å². The SMILES string of the molecule is CC(C)NS(=O)(=O)Nc1ccc(Br)cc1N. The van der Waals surface area contributed by atoms with E-state index in [1.165, 1.54) is 0 Å². The molecule has 1 aromatic carbocycles. The first-order valence-electron chi connectivity index (χ1n) is 4.65. The van der Waals surface area contributed by atoms with Crippen LogP contribution in [0.25, 0.3) is 0 Å². The van der Waals surface area contributed by atoms with Gasteiger partial charge in [-0.25, -0.2) is 0 Å². The standard InChI is InChI=1S/C9H14BrN3O2S/c1-6(2)12-16(14,15)13-9-4-3-7(10)5-8(9)11/h3-6,12-13H,11H2,1-2H3. The largest absolute Gasteiger partial charge is 0.397 e. The molecule has 0 atom stereocenters. The minimum atomic E-state index is -3.56. The Balaban J connectivity index is 2.88.